The molecular formula is C28H16N4. The van der Waals surface area contributed by atoms with Gasteiger partial charge in [0.1, 0.15) is 0 Å². The van der Waals surface area contributed by atoms with Crippen molar-refractivity contribution in [3.05, 3.63) is 127 Å². The zero-order valence-electron chi connectivity index (χ0n) is 17.0. The van der Waals surface area contributed by atoms with E-state index in [0.29, 0.717) is 0 Å². The van der Waals surface area contributed by atoms with Crippen LogP contribution in [-0.4, -0.2) is 6.21 Å². The van der Waals surface area contributed by atoms with Gasteiger partial charge in [0, 0.05) is 44.1 Å². The van der Waals surface area contributed by atoms with Crippen molar-refractivity contribution in [1.29, 1.82) is 0 Å². The second kappa shape index (κ2) is 6.53. The summed E-state index contributed by atoms with van der Waals surface area (Å²) in [7, 11) is 0. The predicted octanol–water partition coefficient (Wildman–Crippen LogP) is 3.58. The van der Waals surface area contributed by atoms with Gasteiger partial charge < -0.3 is 0 Å². The number of para-hydroxylation sites is 2. The number of rotatable bonds is 0. The normalized spacial score (nSPS) is 13.8. The molecule has 4 aliphatic heterocycles. The van der Waals surface area contributed by atoms with Crippen LogP contribution in [0.15, 0.2) is 99.0 Å². The number of aliphatic imine (C=N–C) groups is 1. The summed E-state index contributed by atoms with van der Waals surface area (Å²) in [6.45, 7) is 0. The summed E-state index contributed by atoms with van der Waals surface area (Å²) in [6.07, 6.45) is 7.78. The van der Waals surface area contributed by atoms with Crippen LogP contribution in [0.4, 0.5) is 17.1 Å². The van der Waals surface area contributed by atoms with Crippen molar-refractivity contribution in [1.82, 2.24) is 0 Å². The Morgan fingerprint density at radius 2 is 1.38 bits per heavy atom. The second-order valence-corrected chi connectivity index (χ2v) is 7.93. The molecule has 4 aliphatic rings. The molecule has 0 N–H and O–H groups in total. The average Bonchev–Trinajstić information content (AvgIpc) is 3.61. The molecule has 0 bridgehead atoms. The maximum atomic E-state index is 4.68. The van der Waals surface area contributed by atoms with Gasteiger partial charge in [-0.05, 0) is 48.6 Å². The number of benzene rings is 4. The van der Waals surface area contributed by atoms with Crippen LogP contribution in [0.5, 0.6) is 0 Å². The van der Waals surface area contributed by atoms with Crippen LogP contribution in [0.3, 0.4) is 0 Å². The van der Waals surface area contributed by atoms with Crippen molar-refractivity contribution in [2.75, 3.05) is 0 Å². The highest BCUT2D eigenvalue weighted by atomic mass is 14.8. The van der Waals surface area contributed by atoms with Crippen LogP contribution in [0, 0.1) is 20.9 Å². The van der Waals surface area contributed by atoms with Gasteiger partial charge in [0.2, 0.25) is 0 Å². The Balaban J connectivity index is 0.000000113. The molecular weight excluding hydrogens is 392 g/mol. The van der Waals surface area contributed by atoms with Gasteiger partial charge in [0.05, 0.1) is 33.1 Å². The van der Waals surface area contributed by atoms with Crippen LogP contribution >= 0.6 is 0 Å². The molecule has 0 amide bonds. The largest absolute Gasteiger partial charge is 0.256 e. The summed E-state index contributed by atoms with van der Waals surface area (Å²) in [4.78, 5) is 17.9. The third-order valence-corrected chi connectivity index (χ3v) is 6.14. The minimum Gasteiger partial charge on any atom is -0.256 e. The fourth-order valence-electron chi connectivity index (χ4n) is 4.68. The molecule has 4 aromatic carbocycles. The van der Waals surface area contributed by atoms with Crippen molar-refractivity contribution in [3.8, 4) is 0 Å². The topological polar surface area (TPSA) is 49.4 Å². The standard InChI is InChI=1S/2C14H8N2/c1-2-4-12-9(3-1)14-10-7-8-15-11(10)5-6-13(14)16-12;1-2-4-13-9(3-1)10-5-6-12-11(7-8-15-12)14(10)16-13/h2*1-8H. The van der Waals surface area contributed by atoms with E-state index in [1.807, 2.05) is 42.8 Å². The van der Waals surface area contributed by atoms with Gasteiger partial charge in [-0.25, -0.2) is 9.98 Å². The van der Waals surface area contributed by atoms with E-state index in [1.54, 1.807) is 0 Å². The zero-order valence-corrected chi connectivity index (χ0v) is 17.0. The minimum atomic E-state index is 1.02. The molecule has 0 atom stereocenters. The predicted molar refractivity (Wildman–Crippen MR) is 125 cm³/mol. The van der Waals surface area contributed by atoms with E-state index < -0.39 is 0 Å². The van der Waals surface area contributed by atoms with Crippen molar-refractivity contribution in [2.45, 2.75) is 0 Å². The van der Waals surface area contributed by atoms with Crippen LogP contribution in [0.25, 0.3) is 12.2 Å². The summed E-state index contributed by atoms with van der Waals surface area (Å²) >= 11 is 0. The molecule has 0 fully saturated rings. The van der Waals surface area contributed by atoms with E-state index in [0.717, 1.165) is 38.7 Å². The highest BCUT2D eigenvalue weighted by molar-refractivity contribution is 5.97. The van der Waals surface area contributed by atoms with Gasteiger partial charge in [0.25, 0.3) is 0 Å². The first-order valence-electron chi connectivity index (χ1n) is 10.6. The van der Waals surface area contributed by atoms with Crippen LogP contribution in [0.1, 0.15) is 5.56 Å². The Kier molecular flexibility index (Phi) is 3.52. The Bertz CT molecular complexity index is 1980. The second-order valence-electron chi connectivity index (χ2n) is 7.93. The summed E-state index contributed by atoms with van der Waals surface area (Å²) < 4.78 is 0. The van der Waals surface area contributed by atoms with Gasteiger partial charge >= 0.3 is 0 Å². The van der Waals surface area contributed by atoms with E-state index >= 15 is 0 Å². The lowest BCUT2D eigenvalue weighted by Crippen LogP contribution is -2.03. The fraction of sp³-hybridized carbons (Fsp3) is 0. The van der Waals surface area contributed by atoms with Crippen LogP contribution < -0.4 is 21.3 Å². The van der Waals surface area contributed by atoms with Gasteiger partial charge in [0.15, 0.2) is 0 Å². The average molecular weight is 408 g/mol. The Morgan fingerprint density at radius 3 is 2.28 bits per heavy atom. The summed E-state index contributed by atoms with van der Waals surface area (Å²) in [6, 6.07) is 24.7. The van der Waals surface area contributed by atoms with Gasteiger partial charge in [-0.3, -0.25) is 9.98 Å². The highest BCUT2D eigenvalue weighted by Gasteiger charge is 2.11. The fourth-order valence-corrected chi connectivity index (χ4v) is 4.68. The highest BCUT2D eigenvalue weighted by Crippen LogP contribution is 2.23. The molecule has 4 heteroatoms. The molecule has 0 aromatic heterocycles. The molecule has 0 spiro atoms. The molecule has 0 unspecified atom stereocenters. The lowest BCUT2D eigenvalue weighted by molar-refractivity contribution is 1.33. The van der Waals surface area contributed by atoms with Gasteiger partial charge in [-0.15, -0.1) is 0 Å². The molecule has 148 valence electrons. The molecule has 8 rings (SSSR count). The Hall–Kier alpha value is -4.44. The van der Waals surface area contributed by atoms with Crippen molar-refractivity contribution < 1.29 is 0 Å². The van der Waals surface area contributed by atoms with E-state index in [1.165, 1.54) is 26.1 Å². The number of fused-ring (bicyclic) bond motifs is 8. The smallest absolute Gasteiger partial charge is 0.0810 e. The monoisotopic (exact) mass is 408 g/mol. The molecule has 0 radical (unpaired) electrons. The number of hydrogen-bond acceptors (Lipinski definition) is 4. The summed E-state index contributed by atoms with van der Waals surface area (Å²) in [5, 5.41) is 9.23. The first kappa shape index (κ1) is 17.3. The van der Waals surface area contributed by atoms with E-state index in [-0.39, 0.29) is 0 Å². The number of hydrogen-bond donors (Lipinski definition) is 0. The molecule has 4 nitrogen and oxygen atoms in total. The van der Waals surface area contributed by atoms with E-state index in [2.05, 4.69) is 74.6 Å². The first-order chi connectivity index (χ1) is 15.9. The lowest BCUT2D eigenvalue weighted by Gasteiger charge is -1.95. The third-order valence-electron chi connectivity index (χ3n) is 6.14. The van der Waals surface area contributed by atoms with Gasteiger partial charge in [-0.2, -0.15) is 0 Å². The summed E-state index contributed by atoms with van der Waals surface area (Å²) in [5.41, 5.74) is 4.32. The molecule has 4 aromatic rings. The van der Waals surface area contributed by atoms with Crippen molar-refractivity contribution >= 4 is 35.4 Å². The Labute approximate surface area is 182 Å². The lowest BCUT2D eigenvalue weighted by atomic mass is 10.1. The van der Waals surface area contributed by atoms with Crippen LogP contribution in [0.2, 0.25) is 0 Å². The van der Waals surface area contributed by atoms with Crippen molar-refractivity contribution in [2.24, 2.45) is 20.0 Å². The molecule has 0 aliphatic carbocycles. The third kappa shape index (κ3) is 2.44. The minimum absolute atomic E-state index is 1.02. The molecule has 32 heavy (non-hydrogen) atoms. The Morgan fingerprint density at radius 1 is 0.594 bits per heavy atom. The van der Waals surface area contributed by atoms with Gasteiger partial charge in [-0.1, -0.05) is 36.4 Å². The maximum absolute atomic E-state index is 4.68. The van der Waals surface area contributed by atoms with Crippen molar-refractivity contribution in [3.63, 3.8) is 0 Å². The van der Waals surface area contributed by atoms with Crippen LogP contribution in [-0.2, 0) is 0 Å². The van der Waals surface area contributed by atoms with E-state index in [9.17, 15) is 0 Å². The number of nitrogens with zero attached hydrogens (tertiary/aromatic N) is 4. The zero-order chi connectivity index (χ0) is 21.1. The molecule has 0 saturated carbocycles. The first-order valence-corrected chi connectivity index (χ1v) is 10.6. The maximum Gasteiger partial charge on any atom is 0.0810 e. The van der Waals surface area contributed by atoms with E-state index in [4.69, 9.17) is 0 Å². The molecule has 0 saturated heterocycles. The summed E-state index contributed by atoms with van der Waals surface area (Å²) in [5.74, 6) is 0. The quantitative estimate of drug-likeness (QED) is 0.369. The molecule has 4 heterocycles. The SMILES string of the molecule is C1=Cc2c3c(ccc2=N1)=c1ccccc1=N3.C1=Nc2ccc3c(c2=C1)=c1ccccc1=N3.